The fourth-order valence-electron chi connectivity index (χ4n) is 6.19. The number of pyridine rings is 1. The van der Waals surface area contributed by atoms with Gasteiger partial charge in [0.2, 0.25) is 0 Å². The summed E-state index contributed by atoms with van der Waals surface area (Å²) < 4.78 is 6.13. The highest BCUT2D eigenvalue weighted by Gasteiger charge is 2.30. The molecule has 10 heteroatoms. The Balaban J connectivity index is 1.42. The van der Waals surface area contributed by atoms with Crippen LogP contribution in [0.1, 0.15) is 87.9 Å². The van der Waals surface area contributed by atoms with E-state index in [1.165, 1.54) is 6.07 Å². The average Bonchev–Trinajstić information content (AvgIpc) is 3.30. The topological polar surface area (TPSA) is 144 Å². The average molecular weight is 625 g/mol. The maximum atomic E-state index is 13.9. The van der Waals surface area contributed by atoms with Crippen LogP contribution in [0.3, 0.4) is 0 Å². The van der Waals surface area contributed by atoms with Crippen molar-refractivity contribution in [1.29, 1.82) is 0 Å². The van der Waals surface area contributed by atoms with Gasteiger partial charge in [-0.2, -0.15) is 0 Å². The first-order valence-corrected chi connectivity index (χ1v) is 16.2. The van der Waals surface area contributed by atoms with Gasteiger partial charge in [-0.15, -0.1) is 11.3 Å². The molecule has 1 aliphatic carbocycles. The number of carboxylic acid groups (broad SMARTS) is 1. The van der Waals surface area contributed by atoms with Gasteiger partial charge < -0.3 is 26.2 Å². The van der Waals surface area contributed by atoms with E-state index in [9.17, 15) is 19.5 Å². The number of rotatable bonds is 7. The monoisotopic (exact) mass is 624 g/mol. The molecule has 1 aliphatic heterocycles. The highest BCUT2D eigenvalue weighted by molar-refractivity contribution is 7.13. The summed E-state index contributed by atoms with van der Waals surface area (Å²) in [5.41, 5.74) is 9.26. The van der Waals surface area contributed by atoms with Crippen LogP contribution in [0.5, 0.6) is 5.75 Å². The normalized spacial score (nSPS) is 15.4. The maximum absolute atomic E-state index is 13.9. The number of hydrogen-bond donors (Lipinski definition) is 4. The third kappa shape index (κ3) is 6.48. The molecule has 0 radical (unpaired) electrons. The van der Waals surface area contributed by atoms with E-state index >= 15 is 0 Å². The minimum atomic E-state index is -1.31. The Hall–Kier alpha value is -4.54. The van der Waals surface area contributed by atoms with Gasteiger partial charge in [0.25, 0.3) is 11.8 Å². The molecule has 0 unspecified atom stereocenters. The third-order valence-electron chi connectivity index (χ3n) is 8.68. The number of ether oxygens (including phenoxy) is 1. The molecule has 2 aliphatic rings. The molecule has 0 spiro atoms. The van der Waals surface area contributed by atoms with E-state index in [1.54, 1.807) is 41.7 Å². The fourth-order valence-corrected chi connectivity index (χ4v) is 7.16. The Morgan fingerprint density at radius 3 is 2.42 bits per heavy atom. The van der Waals surface area contributed by atoms with Crippen molar-refractivity contribution in [1.82, 2.24) is 10.3 Å². The van der Waals surface area contributed by atoms with Crippen molar-refractivity contribution in [2.45, 2.75) is 64.0 Å². The van der Waals surface area contributed by atoms with E-state index in [1.807, 2.05) is 24.4 Å². The van der Waals surface area contributed by atoms with E-state index in [4.69, 9.17) is 10.5 Å². The lowest BCUT2D eigenvalue weighted by atomic mass is 9.92. The lowest BCUT2D eigenvalue weighted by Crippen LogP contribution is -2.45. The second-order valence-electron chi connectivity index (χ2n) is 11.9. The number of aromatic carboxylic acids is 1. The summed E-state index contributed by atoms with van der Waals surface area (Å²) in [6.45, 7) is 2.85. The predicted octanol–water partition coefficient (Wildman–Crippen LogP) is 6.66. The summed E-state index contributed by atoms with van der Waals surface area (Å²) >= 11 is 1.57. The van der Waals surface area contributed by atoms with Crippen LogP contribution in [-0.4, -0.2) is 40.0 Å². The van der Waals surface area contributed by atoms with Gasteiger partial charge in [0.05, 0.1) is 6.61 Å². The quantitative estimate of drug-likeness (QED) is 0.168. The Bertz CT molecular complexity index is 1760. The van der Waals surface area contributed by atoms with Gasteiger partial charge in [0, 0.05) is 51.3 Å². The van der Waals surface area contributed by atoms with Crippen LogP contribution in [0.2, 0.25) is 0 Å². The summed E-state index contributed by atoms with van der Waals surface area (Å²) in [6, 6.07) is 15.8. The number of hydrogen-bond acceptors (Lipinski definition) is 7. The van der Waals surface area contributed by atoms with E-state index < -0.39 is 17.8 Å². The van der Waals surface area contributed by atoms with E-state index in [0.717, 1.165) is 60.1 Å². The number of carbonyl (C=O) groups is 3. The SMILES string of the molecule is CC1(NC(=O)c2ccc(-c3cc4c(cc3C(=O)Nc3ccc(CN)cc3)-c3sccc3CCO4)c(C(=O)O)n2)CCCCCC1. The van der Waals surface area contributed by atoms with Crippen molar-refractivity contribution >= 4 is 34.8 Å². The highest BCUT2D eigenvalue weighted by atomic mass is 32.1. The van der Waals surface area contributed by atoms with Gasteiger partial charge in [0.1, 0.15) is 11.4 Å². The van der Waals surface area contributed by atoms with Crippen molar-refractivity contribution in [3.63, 3.8) is 0 Å². The molecule has 0 bridgehead atoms. The van der Waals surface area contributed by atoms with Crippen LogP contribution in [0.4, 0.5) is 5.69 Å². The number of carboxylic acids is 1. The number of nitrogens with two attached hydrogens (primary N) is 1. The molecule has 0 saturated heterocycles. The second kappa shape index (κ2) is 12.8. The maximum Gasteiger partial charge on any atom is 0.355 e. The van der Waals surface area contributed by atoms with Crippen LogP contribution in [-0.2, 0) is 13.0 Å². The Kier molecular flexibility index (Phi) is 8.69. The largest absolute Gasteiger partial charge is 0.493 e. The van der Waals surface area contributed by atoms with Crippen molar-refractivity contribution < 1.29 is 24.2 Å². The number of fused-ring (bicyclic) bond motifs is 3. The molecule has 6 rings (SSSR count). The number of carbonyl (C=O) groups excluding carboxylic acids is 2. The standard InChI is InChI=1S/C35H36N4O5S/c1-35(14-4-2-3-5-15-35)39-33(41)28-11-10-24(30(38-28)34(42)43)25-19-29-27(31-22(12-16-44-29)13-17-45-31)18-26(25)32(40)37-23-8-6-21(20-36)7-9-23/h6-11,13,17-19H,2-5,12,14-16,20,36H2,1H3,(H,37,40)(H,39,41)(H,42,43). The van der Waals surface area contributed by atoms with Crippen LogP contribution in [0, 0.1) is 0 Å². The van der Waals surface area contributed by atoms with Crippen LogP contribution in [0.25, 0.3) is 21.6 Å². The van der Waals surface area contributed by atoms with Crippen LogP contribution in [0.15, 0.2) is 60.0 Å². The van der Waals surface area contributed by atoms with Gasteiger partial charge in [-0.1, -0.05) is 37.8 Å². The predicted molar refractivity (Wildman–Crippen MR) is 175 cm³/mol. The molecular formula is C35H36N4O5S. The Labute approximate surface area is 265 Å². The first kappa shape index (κ1) is 30.5. The zero-order chi connectivity index (χ0) is 31.6. The molecule has 2 amide bonds. The van der Waals surface area contributed by atoms with Crippen molar-refractivity contribution in [3.8, 4) is 27.3 Å². The van der Waals surface area contributed by atoms with Gasteiger partial charge in [-0.05, 0) is 78.7 Å². The van der Waals surface area contributed by atoms with E-state index in [0.29, 0.717) is 36.6 Å². The molecule has 3 heterocycles. The van der Waals surface area contributed by atoms with Crippen molar-refractivity contribution in [3.05, 3.63) is 88.1 Å². The highest BCUT2D eigenvalue weighted by Crippen LogP contribution is 2.43. The number of nitrogens with one attached hydrogen (secondary N) is 2. The van der Waals surface area contributed by atoms with E-state index in [2.05, 4.69) is 21.7 Å². The Morgan fingerprint density at radius 2 is 1.71 bits per heavy atom. The van der Waals surface area contributed by atoms with Crippen molar-refractivity contribution in [2.24, 2.45) is 5.73 Å². The van der Waals surface area contributed by atoms with Gasteiger partial charge in [-0.25, -0.2) is 9.78 Å². The number of benzene rings is 2. The molecule has 232 valence electrons. The number of aromatic nitrogens is 1. The summed E-state index contributed by atoms with van der Waals surface area (Å²) in [5, 5.41) is 18.4. The van der Waals surface area contributed by atoms with Crippen LogP contribution < -0.4 is 21.1 Å². The first-order chi connectivity index (χ1) is 21.7. The number of anilines is 1. The zero-order valence-corrected chi connectivity index (χ0v) is 26.0. The molecular weight excluding hydrogens is 588 g/mol. The molecule has 0 atom stereocenters. The zero-order valence-electron chi connectivity index (χ0n) is 25.2. The first-order valence-electron chi connectivity index (χ1n) is 15.3. The third-order valence-corrected chi connectivity index (χ3v) is 9.67. The molecule has 45 heavy (non-hydrogen) atoms. The number of nitrogens with zero attached hydrogens (tertiary/aromatic N) is 1. The fraction of sp³-hybridized carbons (Fsp3) is 0.314. The molecule has 1 saturated carbocycles. The van der Waals surface area contributed by atoms with Gasteiger partial charge in [0.15, 0.2) is 5.69 Å². The summed E-state index contributed by atoms with van der Waals surface area (Å²) in [6.07, 6.45) is 6.75. The molecule has 4 aromatic rings. The van der Waals surface area contributed by atoms with Crippen LogP contribution >= 0.6 is 11.3 Å². The minimum Gasteiger partial charge on any atom is -0.493 e. The number of thiophene rings is 1. The smallest absolute Gasteiger partial charge is 0.355 e. The molecule has 2 aromatic heterocycles. The Morgan fingerprint density at radius 1 is 0.956 bits per heavy atom. The lowest BCUT2D eigenvalue weighted by molar-refractivity contribution is 0.0691. The molecule has 1 fully saturated rings. The lowest BCUT2D eigenvalue weighted by Gasteiger charge is -2.29. The molecule has 9 nitrogen and oxygen atoms in total. The molecule has 2 aromatic carbocycles. The van der Waals surface area contributed by atoms with Crippen molar-refractivity contribution in [2.75, 3.05) is 11.9 Å². The van der Waals surface area contributed by atoms with E-state index in [-0.39, 0.29) is 28.1 Å². The summed E-state index contributed by atoms with van der Waals surface area (Å²) in [4.78, 5) is 45.2. The van der Waals surface area contributed by atoms with Gasteiger partial charge in [-0.3, -0.25) is 9.59 Å². The summed E-state index contributed by atoms with van der Waals surface area (Å²) in [5.74, 6) is -1.59. The minimum absolute atomic E-state index is 0.0156. The van der Waals surface area contributed by atoms with Gasteiger partial charge >= 0.3 is 5.97 Å². The number of amides is 2. The molecule has 5 N–H and O–H groups in total. The summed E-state index contributed by atoms with van der Waals surface area (Å²) in [7, 11) is 0. The second-order valence-corrected chi connectivity index (χ2v) is 12.9.